The van der Waals surface area contributed by atoms with Gasteiger partial charge >= 0.3 is 0 Å². The van der Waals surface area contributed by atoms with Crippen molar-refractivity contribution in [2.45, 2.75) is 6.04 Å². The third kappa shape index (κ3) is 3.54. The highest BCUT2D eigenvalue weighted by atomic mass is 79.9. The van der Waals surface area contributed by atoms with Crippen molar-refractivity contribution in [2.24, 2.45) is 0 Å². The Balaban J connectivity index is 2.22. The molecule has 22 heavy (non-hydrogen) atoms. The smallest absolute Gasteiger partial charge is 0.247 e. The maximum Gasteiger partial charge on any atom is 0.247 e. The molecule has 1 aliphatic rings. The maximum atomic E-state index is 12.3. The summed E-state index contributed by atoms with van der Waals surface area (Å²) in [5.41, 5.74) is 0.711. The van der Waals surface area contributed by atoms with Crippen LogP contribution in [0.5, 0.6) is 0 Å². The van der Waals surface area contributed by atoms with E-state index in [2.05, 4.69) is 33.1 Å². The highest BCUT2D eigenvalue weighted by molar-refractivity contribution is 9.10. The third-order valence-corrected chi connectivity index (χ3v) is 4.05. The molecule has 0 saturated carbocycles. The lowest BCUT2D eigenvalue weighted by Crippen LogP contribution is -2.54. The molecule has 1 heterocycles. The van der Waals surface area contributed by atoms with E-state index in [1.54, 1.807) is 6.07 Å². The fourth-order valence-electron chi connectivity index (χ4n) is 2.28. The number of hydrogen-bond acceptors (Lipinski definition) is 3. The Hall–Kier alpha value is -2.15. The number of nitrogens with zero attached hydrogens (tertiary/aromatic N) is 1. The zero-order valence-corrected chi connectivity index (χ0v) is 13.4. The number of benzene rings is 1. The number of carbonyl (C=O) groups excluding carboxylic acids is 3. The minimum absolute atomic E-state index is 0.168. The Morgan fingerprint density at radius 1 is 1.45 bits per heavy atom. The van der Waals surface area contributed by atoms with E-state index in [4.69, 9.17) is 0 Å². The number of carbonyl (C=O) groups is 3. The van der Waals surface area contributed by atoms with Crippen LogP contribution in [0.25, 0.3) is 0 Å². The van der Waals surface area contributed by atoms with Gasteiger partial charge in [-0.25, -0.2) is 0 Å². The topological polar surface area (TPSA) is 78.5 Å². The molecule has 116 valence electrons. The normalized spacial score (nSPS) is 17.6. The number of amides is 3. The minimum atomic E-state index is -0.711. The van der Waals surface area contributed by atoms with Gasteiger partial charge in [0.05, 0.1) is 6.54 Å². The molecule has 0 aromatic heterocycles. The molecule has 6 nitrogen and oxygen atoms in total. The second kappa shape index (κ2) is 7.22. The monoisotopic (exact) mass is 365 g/mol. The molecule has 7 heteroatoms. The summed E-state index contributed by atoms with van der Waals surface area (Å²) in [5.74, 6) is -0.973. The zero-order chi connectivity index (χ0) is 16.1. The molecule has 0 bridgehead atoms. The molecule has 0 radical (unpaired) electrons. The molecule has 1 fully saturated rings. The van der Waals surface area contributed by atoms with Crippen molar-refractivity contribution in [1.82, 2.24) is 15.5 Å². The van der Waals surface area contributed by atoms with Crippen LogP contribution in [0.1, 0.15) is 11.6 Å². The summed E-state index contributed by atoms with van der Waals surface area (Å²) in [7, 11) is 0. The molecule has 1 aromatic rings. The third-order valence-electron chi connectivity index (χ3n) is 3.33. The standard InChI is InChI=1S/C15H16BrN3O3/c1-2-12(20)18-9-13(21)19-8-7-17-15(22)14(19)10-5-3-4-6-11(10)16/h2-6,14H,1,7-9H2,(H,17,22)(H,18,20). The summed E-state index contributed by atoms with van der Waals surface area (Å²) in [4.78, 5) is 37.2. The van der Waals surface area contributed by atoms with Crippen LogP contribution in [0.2, 0.25) is 0 Å². The van der Waals surface area contributed by atoms with Crippen molar-refractivity contribution in [3.63, 3.8) is 0 Å². The number of halogens is 1. The van der Waals surface area contributed by atoms with Crippen LogP contribution in [0.3, 0.4) is 0 Å². The van der Waals surface area contributed by atoms with Crippen molar-refractivity contribution in [3.05, 3.63) is 47.0 Å². The Morgan fingerprint density at radius 3 is 2.86 bits per heavy atom. The van der Waals surface area contributed by atoms with Gasteiger partial charge in [-0.3, -0.25) is 14.4 Å². The van der Waals surface area contributed by atoms with E-state index in [0.717, 1.165) is 10.5 Å². The van der Waals surface area contributed by atoms with E-state index >= 15 is 0 Å². The lowest BCUT2D eigenvalue weighted by atomic mass is 10.0. The molecular weight excluding hydrogens is 350 g/mol. The Labute approximate surface area is 136 Å². The average molecular weight is 366 g/mol. The summed E-state index contributed by atoms with van der Waals surface area (Å²) < 4.78 is 0.755. The minimum Gasteiger partial charge on any atom is -0.352 e. The zero-order valence-electron chi connectivity index (χ0n) is 11.8. The van der Waals surface area contributed by atoms with Crippen molar-refractivity contribution in [1.29, 1.82) is 0 Å². The molecule has 1 atom stereocenters. The fraction of sp³-hybridized carbons (Fsp3) is 0.267. The summed E-state index contributed by atoms with van der Waals surface area (Å²) >= 11 is 3.41. The van der Waals surface area contributed by atoms with Gasteiger partial charge in [-0.15, -0.1) is 0 Å². The highest BCUT2D eigenvalue weighted by Gasteiger charge is 2.35. The van der Waals surface area contributed by atoms with Gasteiger partial charge < -0.3 is 15.5 Å². The van der Waals surface area contributed by atoms with Crippen molar-refractivity contribution >= 4 is 33.7 Å². The summed E-state index contributed by atoms with van der Waals surface area (Å²) in [6.07, 6.45) is 1.10. The number of nitrogens with one attached hydrogen (secondary N) is 2. The Morgan fingerprint density at radius 2 is 2.18 bits per heavy atom. The summed E-state index contributed by atoms with van der Waals surface area (Å²) in [5, 5.41) is 5.20. The van der Waals surface area contributed by atoms with Gasteiger partial charge in [-0.2, -0.15) is 0 Å². The molecule has 2 rings (SSSR count). The predicted octanol–water partition coefficient (Wildman–Crippen LogP) is 0.751. The first-order chi connectivity index (χ1) is 10.5. The quantitative estimate of drug-likeness (QED) is 0.772. The first kappa shape index (κ1) is 16.2. The summed E-state index contributed by atoms with van der Waals surface area (Å²) in [6.45, 7) is 3.94. The van der Waals surface area contributed by atoms with E-state index in [9.17, 15) is 14.4 Å². The van der Waals surface area contributed by atoms with Gasteiger partial charge in [0.15, 0.2) is 0 Å². The van der Waals surface area contributed by atoms with Gasteiger partial charge in [0.1, 0.15) is 6.04 Å². The average Bonchev–Trinajstić information content (AvgIpc) is 2.53. The van der Waals surface area contributed by atoms with Crippen molar-refractivity contribution < 1.29 is 14.4 Å². The molecule has 1 saturated heterocycles. The van der Waals surface area contributed by atoms with E-state index in [1.807, 2.05) is 18.2 Å². The van der Waals surface area contributed by atoms with Gasteiger partial charge in [0, 0.05) is 17.6 Å². The number of hydrogen-bond donors (Lipinski definition) is 2. The molecule has 0 spiro atoms. The molecule has 2 N–H and O–H groups in total. The summed E-state index contributed by atoms with van der Waals surface area (Å²) in [6, 6.07) is 6.55. The lowest BCUT2D eigenvalue weighted by molar-refractivity contribution is -0.143. The molecular formula is C15H16BrN3O3. The van der Waals surface area contributed by atoms with E-state index in [-0.39, 0.29) is 18.4 Å². The van der Waals surface area contributed by atoms with Crippen LogP contribution in [0.15, 0.2) is 41.4 Å². The van der Waals surface area contributed by atoms with Crippen LogP contribution in [-0.4, -0.2) is 42.3 Å². The molecule has 1 aliphatic heterocycles. The SMILES string of the molecule is C=CC(=O)NCC(=O)N1CCNC(=O)C1c1ccccc1Br. The number of piperazine rings is 1. The van der Waals surface area contributed by atoms with E-state index in [0.29, 0.717) is 18.7 Å². The Bertz CT molecular complexity index is 618. The number of rotatable bonds is 4. The maximum absolute atomic E-state index is 12.3. The van der Waals surface area contributed by atoms with Crippen LogP contribution < -0.4 is 10.6 Å². The van der Waals surface area contributed by atoms with Crippen LogP contribution in [0, 0.1) is 0 Å². The molecule has 1 aromatic carbocycles. The first-order valence-corrected chi connectivity index (χ1v) is 7.55. The van der Waals surface area contributed by atoms with Crippen molar-refractivity contribution in [3.8, 4) is 0 Å². The lowest BCUT2D eigenvalue weighted by Gasteiger charge is -2.35. The molecule has 3 amide bonds. The van der Waals surface area contributed by atoms with Crippen LogP contribution >= 0.6 is 15.9 Å². The largest absolute Gasteiger partial charge is 0.352 e. The van der Waals surface area contributed by atoms with Gasteiger partial charge in [-0.1, -0.05) is 40.7 Å². The molecule has 0 aliphatic carbocycles. The first-order valence-electron chi connectivity index (χ1n) is 6.76. The second-order valence-electron chi connectivity index (χ2n) is 4.72. The van der Waals surface area contributed by atoms with Crippen LogP contribution in [-0.2, 0) is 14.4 Å². The van der Waals surface area contributed by atoms with Crippen molar-refractivity contribution in [2.75, 3.05) is 19.6 Å². The highest BCUT2D eigenvalue weighted by Crippen LogP contribution is 2.29. The van der Waals surface area contributed by atoms with Crippen LogP contribution in [0.4, 0.5) is 0 Å². The van der Waals surface area contributed by atoms with Gasteiger partial charge in [-0.05, 0) is 17.7 Å². The molecule has 1 unspecified atom stereocenters. The van der Waals surface area contributed by atoms with E-state index < -0.39 is 11.9 Å². The van der Waals surface area contributed by atoms with Gasteiger partial charge in [0.2, 0.25) is 17.7 Å². The fourth-order valence-corrected chi connectivity index (χ4v) is 2.78. The van der Waals surface area contributed by atoms with Gasteiger partial charge in [0.25, 0.3) is 0 Å². The second-order valence-corrected chi connectivity index (χ2v) is 5.58. The predicted molar refractivity (Wildman–Crippen MR) is 84.8 cm³/mol. The Kier molecular flexibility index (Phi) is 5.32. The van der Waals surface area contributed by atoms with E-state index in [1.165, 1.54) is 4.90 Å².